The predicted molar refractivity (Wildman–Crippen MR) is 71.2 cm³/mol. The summed E-state index contributed by atoms with van der Waals surface area (Å²) in [6.45, 7) is 12.2. The Labute approximate surface area is 104 Å². The summed E-state index contributed by atoms with van der Waals surface area (Å²) in [6.07, 6.45) is 3.80. The lowest BCUT2D eigenvalue weighted by atomic mass is 10.1. The smallest absolute Gasteiger partial charge is 0.0629 e. The summed E-state index contributed by atoms with van der Waals surface area (Å²) in [5.74, 6) is 0. The first kappa shape index (κ1) is 12.4. The zero-order valence-corrected chi connectivity index (χ0v) is 11.2. The first-order valence-corrected chi connectivity index (χ1v) is 6.48. The van der Waals surface area contributed by atoms with Crippen LogP contribution >= 0.6 is 0 Å². The number of allylic oxidation sites excluding steroid dienone is 1. The zero-order valence-electron chi connectivity index (χ0n) is 11.2. The van der Waals surface area contributed by atoms with Crippen LogP contribution in [0.1, 0.15) is 36.7 Å². The molecular formula is C14H23N3. The lowest BCUT2D eigenvalue weighted by molar-refractivity contribution is 0.648. The molecule has 0 radical (unpaired) electrons. The van der Waals surface area contributed by atoms with E-state index in [1.54, 1.807) is 0 Å². The number of aryl methyl sites for hydroxylation is 1. The van der Waals surface area contributed by atoms with Gasteiger partial charge in [-0.15, -0.1) is 0 Å². The molecule has 0 aliphatic heterocycles. The first-order valence-electron chi connectivity index (χ1n) is 6.48. The van der Waals surface area contributed by atoms with Gasteiger partial charge in [0, 0.05) is 11.7 Å². The van der Waals surface area contributed by atoms with Crippen molar-refractivity contribution in [3.05, 3.63) is 29.1 Å². The van der Waals surface area contributed by atoms with Gasteiger partial charge in [0.1, 0.15) is 0 Å². The van der Waals surface area contributed by atoms with Crippen LogP contribution in [0.25, 0.3) is 0 Å². The standard InChI is InChI=1S/C14H23N3/c1-10(2)9-17-12(4)14(11(3)16-17)7-8-15-13-5-6-13/h13,15H,1,5-9H2,2-4H3. The highest BCUT2D eigenvalue weighted by Crippen LogP contribution is 2.19. The maximum absolute atomic E-state index is 4.59. The van der Waals surface area contributed by atoms with E-state index in [-0.39, 0.29) is 0 Å². The summed E-state index contributed by atoms with van der Waals surface area (Å²) >= 11 is 0. The molecule has 3 nitrogen and oxygen atoms in total. The van der Waals surface area contributed by atoms with Crippen LogP contribution in [-0.2, 0) is 13.0 Å². The van der Waals surface area contributed by atoms with Gasteiger partial charge in [-0.3, -0.25) is 4.68 Å². The second-order valence-corrected chi connectivity index (χ2v) is 5.24. The Balaban J connectivity index is 1.99. The molecule has 1 aliphatic rings. The average molecular weight is 233 g/mol. The van der Waals surface area contributed by atoms with E-state index in [2.05, 4.69) is 35.5 Å². The third-order valence-electron chi connectivity index (χ3n) is 3.34. The summed E-state index contributed by atoms with van der Waals surface area (Å²) in [4.78, 5) is 0. The molecule has 0 amide bonds. The van der Waals surface area contributed by atoms with Crippen molar-refractivity contribution in [1.29, 1.82) is 0 Å². The Hall–Kier alpha value is -1.09. The van der Waals surface area contributed by atoms with Crippen molar-refractivity contribution < 1.29 is 0 Å². The Morgan fingerprint density at radius 2 is 2.18 bits per heavy atom. The highest BCUT2D eigenvalue weighted by atomic mass is 15.3. The van der Waals surface area contributed by atoms with Gasteiger partial charge in [-0.05, 0) is 52.1 Å². The molecule has 1 N–H and O–H groups in total. The Morgan fingerprint density at radius 3 is 2.76 bits per heavy atom. The van der Waals surface area contributed by atoms with E-state index in [1.165, 1.54) is 29.8 Å². The fraction of sp³-hybridized carbons (Fsp3) is 0.643. The third kappa shape index (κ3) is 3.19. The molecule has 17 heavy (non-hydrogen) atoms. The number of aromatic nitrogens is 2. The fourth-order valence-corrected chi connectivity index (χ4v) is 2.19. The lowest BCUT2D eigenvalue weighted by Crippen LogP contribution is -2.19. The highest BCUT2D eigenvalue weighted by Gasteiger charge is 2.20. The van der Waals surface area contributed by atoms with Crippen molar-refractivity contribution in [2.75, 3.05) is 6.54 Å². The van der Waals surface area contributed by atoms with Crippen molar-refractivity contribution in [3.8, 4) is 0 Å². The van der Waals surface area contributed by atoms with E-state index in [1.807, 2.05) is 6.92 Å². The van der Waals surface area contributed by atoms with Crippen LogP contribution < -0.4 is 5.32 Å². The monoisotopic (exact) mass is 233 g/mol. The zero-order chi connectivity index (χ0) is 12.4. The molecule has 0 saturated heterocycles. The van der Waals surface area contributed by atoms with E-state index in [0.717, 1.165) is 31.1 Å². The Morgan fingerprint density at radius 1 is 1.47 bits per heavy atom. The van der Waals surface area contributed by atoms with Crippen LogP contribution in [0.15, 0.2) is 12.2 Å². The van der Waals surface area contributed by atoms with Crippen molar-refractivity contribution in [2.24, 2.45) is 0 Å². The molecular weight excluding hydrogens is 210 g/mol. The second-order valence-electron chi connectivity index (χ2n) is 5.24. The summed E-state index contributed by atoms with van der Waals surface area (Å²) in [5.41, 5.74) is 5.02. The minimum atomic E-state index is 0.793. The molecule has 0 spiro atoms. The number of hydrogen-bond donors (Lipinski definition) is 1. The predicted octanol–water partition coefficient (Wildman–Crippen LogP) is 2.37. The van der Waals surface area contributed by atoms with Crippen LogP contribution in [0.5, 0.6) is 0 Å². The molecule has 1 saturated carbocycles. The summed E-state index contributed by atoms with van der Waals surface area (Å²) in [5, 5.41) is 8.15. The van der Waals surface area contributed by atoms with Crippen LogP contribution in [0, 0.1) is 13.8 Å². The van der Waals surface area contributed by atoms with Crippen molar-refractivity contribution >= 4 is 0 Å². The van der Waals surface area contributed by atoms with Crippen LogP contribution in [-0.4, -0.2) is 22.4 Å². The Bertz CT molecular complexity index is 413. The molecule has 1 aliphatic carbocycles. The number of nitrogens with one attached hydrogen (secondary N) is 1. The first-order chi connectivity index (χ1) is 8.08. The third-order valence-corrected chi connectivity index (χ3v) is 3.34. The maximum Gasteiger partial charge on any atom is 0.0629 e. The molecule has 1 heterocycles. The van der Waals surface area contributed by atoms with Gasteiger partial charge in [-0.1, -0.05) is 12.2 Å². The molecule has 0 atom stereocenters. The normalized spacial score (nSPS) is 15.2. The maximum atomic E-state index is 4.59. The van der Waals surface area contributed by atoms with Gasteiger partial charge in [0.05, 0.1) is 12.2 Å². The SMILES string of the molecule is C=C(C)Cn1nc(C)c(CCNC2CC2)c1C. The minimum absolute atomic E-state index is 0.793. The van der Waals surface area contributed by atoms with Gasteiger partial charge in [-0.2, -0.15) is 5.10 Å². The molecule has 0 aromatic carbocycles. The number of hydrogen-bond acceptors (Lipinski definition) is 2. The molecule has 94 valence electrons. The minimum Gasteiger partial charge on any atom is -0.314 e. The Kier molecular flexibility index (Phi) is 3.67. The molecule has 1 fully saturated rings. The van der Waals surface area contributed by atoms with E-state index in [0.29, 0.717) is 0 Å². The summed E-state index contributed by atoms with van der Waals surface area (Å²) in [6, 6.07) is 0.793. The van der Waals surface area contributed by atoms with Gasteiger partial charge < -0.3 is 5.32 Å². The highest BCUT2D eigenvalue weighted by molar-refractivity contribution is 5.25. The van der Waals surface area contributed by atoms with E-state index >= 15 is 0 Å². The number of nitrogens with zero attached hydrogens (tertiary/aromatic N) is 2. The molecule has 3 heteroatoms. The lowest BCUT2D eigenvalue weighted by Gasteiger charge is -2.05. The molecule has 0 bridgehead atoms. The van der Waals surface area contributed by atoms with E-state index < -0.39 is 0 Å². The van der Waals surface area contributed by atoms with Crippen molar-refractivity contribution in [1.82, 2.24) is 15.1 Å². The van der Waals surface area contributed by atoms with Gasteiger partial charge in [0.15, 0.2) is 0 Å². The largest absolute Gasteiger partial charge is 0.314 e. The number of rotatable bonds is 6. The molecule has 2 rings (SSSR count). The van der Waals surface area contributed by atoms with E-state index in [9.17, 15) is 0 Å². The van der Waals surface area contributed by atoms with Crippen molar-refractivity contribution in [2.45, 2.75) is 52.6 Å². The van der Waals surface area contributed by atoms with Crippen LogP contribution in [0.2, 0.25) is 0 Å². The topological polar surface area (TPSA) is 29.9 Å². The van der Waals surface area contributed by atoms with Gasteiger partial charge in [0.2, 0.25) is 0 Å². The molecule has 1 aromatic rings. The fourth-order valence-electron chi connectivity index (χ4n) is 2.19. The average Bonchev–Trinajstić information content (AvgIpc) is 3.01. The van der Waals surface area contributed by atoms with Gasteiger partial charge in [0.25, 0.3) is 0 Å². The van der Waals surface area contributed by atoms with Gasteiger partial charge in [-0.25, -0.2) is 0 Å². The van der Waals surface area contributed by atoms with Gasteiger partial charge >= 0.3 is 0 Å². The summed E-state index contributed by atoms with van der Waals surface area (Å²) in [7, 11) is 0. The van der Waals surface area contributed by atoms with Crippen LogP contribution in [0.4, 0.5) is 0 Å². The van der Waals surface area contributed by atoms with Crippen LogP contribution in [0.3, 0.4) is 0 Å². The molecule has 1 aromatic heterocycles. The van der Waals surface area contributed by atoms with Crippen molar-refractivity contribution in [3.63, 3.8) is 0 Å². The second kappa shape index (κ2) is 5.05. The quantitative estimate of drug-likeness (QED) is 0.765. The molecule has 0 unspecified atom stereocenters. The van der Waals surface area contributed by atoms with E-state index in [4.69, 9.17) is 0 Å². The summed E-state index contributed by atoms with van der Waals surface area (Å²) < 4.78 is 2.07.